The highest BCUT2D eigenvalue weighted by atomic mass is 79.9. The molecule has 0 amide bonds. The molecule has 1 aliphatic rings. The maximum atomic E-state index is 11.2. The van der Waals surface area contributed by atoms with Crippen LogP contribution in [-0.4, -0.2) is 18.1 Å². The normalized spacial score (nSPS) is 17.9. The summed E-state index contributed by atoms with van der Waals surface area (Å²) in [6.07, 6.45) is 4.41. The Morgan fingerprint density at radius 1 is 1.71 bits per heavy atom. The molecule has 1 aromatic rings. The molecule has 1 N–H and O–H groups in total. The molecule has 1 fully saturated rings. The Kier molecular flexibility index (Phi) is 2.63. The Balaban J connectivity index is 2.12. The monoisotopic (exact) mass is 257 g/mol. The van der Waals surface area contributed by atoms with E-state index < -0.39 is 0 Å². The number of aromatic amines is 1. The lowest BCUT2D eigenvalue weighted by atomic mass is 10.1. The van der Waals surface area contributed by atoms with Crippen molar-refractivity contribution in [3.63, 3.8) is 0 Å². The average Bonchev–Trinajstić information content (AvgIpc) is 2.93. The van der Waals surface area contributed by atoms with Gasteiger partial charge in [-0.1, -0.05) is 15.9 Å². The van der Waals surface area contributed by atoms with E-state index in [0.29, 0.717) is 10.5 Å². The summed E-state index contributed by atoms with van der Waals surface area (Å²) in [5.74, 6) is 0.419. The number of H-pyrrole nitrogens is 1. The lowest BCUT2D eigenvalue weighted by Gasteiger charge is -2.03. The number of nitrogens with one attached hydrogen (secondary N) is 1. The summed E-state index contributed by atoms with van der Waals surface area (Å²) in [6.45, 7) is 0. The number of hydrogen-bond donors (Lipinski definition) is 1. The largest absolute Gasteiger partial charge is 0.464 e. The van der Waals surface area contributed by atoms with Gasteiger partial charge in [0.25, 0.3) is 0 Å². The molecule has 1 heterocycles. The average molecular weight is 258 g/mol. The summed E-state index contributed by atoms with van der Waals surface area (Å²) in [6, 6.07) is 1.85. The summed E-state index contributed by atoms with van der Waals surface area (Å²) in [4.78, 5) is 14.5. The van der Waals surface area contributed by atoms with Crippen LogP contribution in [0.25, 0.3) is 0 Å². The van der Waals surface area contributed by atoms with Crippen LogP contribution in [0.5, 0.6) is 0 Å². The molecule has 0 spiro atoms. The third-order valence-corrected chi connectivity index (χ3v) is 3.74. The number of esters is 1. The topological polar surface area (TPSA) is 42.1 Å². The van der Waals surface area contributed by atoms with Crippen molar-refractivity contribution in [2.24, 2.45) is 5.92 Å². The van der Waals surface area contributed by atoms with E-state index in [0.717, 1.165) is 11.5 Å². The van der Waals surface area contributed by atoms with E-state index >= 15 is 0 Å². The number of methoxy groups -OCH3 is 1. The Hall–Kier alpha value is -0.770. The smallest absolute Gasteiger partial charge is 0.354 e. The fraction of sp³-hybridized carbons (Fsp3) is 0.500. The molecule has 76 valence electrons. The standard InChI is InChI=1S/C10H12BrNO2/c1-14-10(13)8-4-7(5-12-8)9(11)6-2-3-6/h4-6,9,12H,2-3H2,1H3. The molecular weight excluding hydrogens is 246 g/mol. The van der Waals surface area contributed by atoms with E-state index in [1.807, 2.05) is 12.3 Å². The van der Waals surface area contributed by atoms with Crippen LogP contribution in [0.1, 0.15) is 33.7 Å². The SMILES string of the molecule is COC(=O)c1cc(C(Br)C2CC2)c[nH]1. The first-order valence-electron chi connectivity index (χ1n) is 4.63. The van der Waals surface area contributed by atoms with Crippen LogP contribution in [0.2, 0.25) is 0 Å². The molecule has 1 aliphatic carbocycles. The Morgan fingerprint density at radius 3 is 3.00 bits per heavy atom. The van der Waals surface area contributed by atoms with Crippen LogP contribution in [0.3, 0.4) is 0 Å². The van der Waals surface area contributed by atoms with Crippen molar-refractivity contribution in [1.82, 2.24) is 4.98 Å². The van der Waals surface area contributed by atoms with Crippen molar-refractivity contribution >= 4 is 21.9 Å². The van der Waals surface area contributed by atoms with Crippen molar-refractivity contribution in [2.75, 3.05) is 7.11 Å². The summed E-state index contributed by atoms with van der Waals surface area (Å²) in [7, 11) is 1.38. The predicted molar refractivity (Wildman–Crippen MR) is 56.5 cm³/mol. The first kappa shape index (κ1) is 9.77. The first-order valence-corrected chi connectivity index (χ1v) is 5.54. The molecule has 3 nitrogen and oxygen atoms in total. The first-order chi connectivity index (χ1) is 6.72. The van der Waals surface area contributed by atoms with Gasteiger partial charge < -0.3 is 9.72 Å². The number of ether oxygens (including phenoxy) is 1. The maximum absolute atomic E-state index is 11.2. The van der Waals surface area contributed by atoms with Gasteiger partial charge in [-0.15, -0.1) is 0 Å². The van der Waals surface area contributed by atoms with Crippen LogP contribution < -0.4 is 0 Å². The highest BCUT2D eigenvalue weighted by molar-refractivity contribution is 9.09. The molecular formula is C10H12BrNO2. The zero-order valence-corrected chi connectivity index (χ0v) is 9.50. The van der Waals surface area contributed by atoms with Crippen LogP contribution in [0.15, 0.2) is 12.3 Å². The summed E-state index contributed by atoms with van der Waals surface area (Å²) in [5.41, 5.74) is 1.65. The van der Waals surface area contributed by atoms with Crippen molar-refractivity contribution in [3.05, 3.63) is 23.5 Å². The maximum Gasteiger partial charge on any atom is 0.354 e. The second-order valence-electron chi connectivity index (χ2n) is 3.58. The van der Waals surface area contributed by atoms with Crippen LogP contribution in [-0.2, 0) is 4.74 Å². The third-order valence-electron chi connectivity index (χ3n) is 2.46. The molecule has 1 unspecified atom stereocenters. The van der Waals surface area contributed by atoms with Gasteiger partial charge in [0.05, 0.1) is 7.11 Å². The number of alkyl halides is 1. The molecule has 0 bridgehead atoms. The molecule has 1 saturated carbocycles. The van der Waals surface area contributed by atoms with Gasteiger partial charge in [-0.25, -0.2) is 4.79 Å². The second kappa shape index (κ2) is 3.77. The summed E-state index contributed by atoms with van der Waals surface area (Å²) < 4.78 is 4.62. The molecule has 4 heteroatoms. The third kappa shape index (κ3) is 1.85. The van der Waals surface area contributed by atoms with E-state index in [2.05, 4.69) is 25.7 Å². The number of halogens is 1. The lowest BCUT2D eigenvalue weighted by molar-refractivity contribution is 0.0595. The highest BCUT2D eigenvalue weighted by Crippen LogP contribution is 2.46. The Bertz CT molecular complexity index is 344. The number of rotatable bonds is 3. The minimum Gasteiger partial charge on any atom is -0.464 e. The van der Waals surface area contributed by atoms with E-state index in [4.69, 9.17) is 0 Å². The van der Waals surface area contributed by atoms with Gasteiger partial charge in [0.15, 0.2) is 0 Å². The molecule has 1 atom stereocenters. The van der Waals surface area contributed by atoms with E-state index in [9.17, 15) is 4.79 Å². The zero-order chi connectivity index (χ0) is 10.1. The number of hydrogen-bond acceptors (Lipinski definition) is 2. The molecule has 0 aliphatic heterocycles. The van der Waals surface area contributed by atoms with Gasteiger partial charge in [-0.3, -0.25) is 0 Å². The van der Waals surface area contributed by atoms with Crippen molar-refractivity contribution in [3.8, 4) is 0 Å². The van der Waals surface area contributed by atoms with E-state index in [1.54, 1.807) is 0 Å². The number of carbonyl (C=O) groups is 1. The molecule has 14 heavy (non-hydrogen) atoms. The fourth-order valence-corrected chi connectivity index (χ4v) is 2.25. The predicted octanol–water partition coefficient (Wildman–Crippen LogP) is 2.65. The minimum absolute atomic E-state index is 0.313. The van der Waals surface area contributed by atoms with Gasteiger partial charge in [0, 0.05) is 11.0 Å². The zero-order valence-electron chi connectivity index (χ0n) is 7.92. The number of carbonyl (C=O) groups excluding carboxylic acids is 1. The highest BCUT2D eigenvalue weighted by Gasteiger charge is 2.31. The Morgan fingerprint density at radius 2 is 2.43 bits per heavy atom. The van der Waals surface area contributed by atoms with Gasteiger partial charge in [0.1, 0.15) is 5.69 Å². The van der Waals surface area contributed by atoms with Crippen LogP contribution >= 0.6 is 15.9 Å². The summed E-state index contributed by atoms with van der Waals surface area (Å²) in [5, 5.41) is 0. The molecule has 1 aromatic heterocycles. The van der Waals surface area contributed by atoms with Crippen molar-refractivity contribution in [1.29, 1.82) is 0 Å². The Labute approximate surface area is 91.0 Å². The fourth-order valence-electron chi connectivity index (χ4n) is 1.46. The molecule has 2 rings (SSSR count). The minimum atomic E-state index is -0.313. The summed E-state index contributed by atoms with van der Waals surface area (Å²) >= 11 is 3.63. The van der Waals surface area contributed by atoms with Gasteiger partial charge >= 0.3 is 5.97 Å². The van der Waals surface area contributed by atoms with Gasteiger partial charge in [-0.05, 0) is 30.4 Å². The quantitative estimate of drug-likeness (QED) is 0.669. The molecule has 0 saturated heterocycles. The van der Waals surface area contributed by atoms with Crippen LogP contribution in [0.4, 0.5) is 0 Å². The van der Waals surface area contributed by atoms with E-state index in [-0.39, 0.29) is 5.97 Å². The molecule has 0 aromatic carbocycles. The van der Waals surface area contributed by atoms with Gasteiger partial charge in [0.2, 0.25) is 0 Å². The van der Waals surface area contributed by atoms with Crippen LogP contribution in [0, 0.1) is 5.92 Å². The van der Waals surface area contributed by atoms with Crippen molar-refractivity contribution < 1.29 is 9.53 Å². The lowest BCUT2D eigenvalue weighted by Crippen LogP contribution is -2.00. The second-order valence-corrected chi connectivity index (χ2v) is 4.56. The molecule has 0 radical (unpaired) electrons. The van der Waals surface area contributed by atoms with E-state index in [1.165, 1.54) is 20.0 Å². The number of aromatic nitrogens is 1. The van der Waals surface area contributed by atoms with Gasteiger partial charge in [-0.2, -0.15) is 0 Å². The van der Waals surface area contributed by atoms with Crippen molar-refractivity contribution in [2.45, 2.75) is 17.7 Å².